The van der Waals surface area contributed by atoms with E-state index in [4.69, 9.17) is 10.5 Å². The lowest BCUT2D eigenvalue weighted by atomic mass is 10.1. The van der Waals surface area contributed by atoms with Crippen molar-refractivity contribution in [3.63, 3.8) is 0 Å². The summed E-state index contributed by atoms with van der Waals surface area (Å²) in [7, 11) is 0. The fourth-order valence-electron chi connectivity index (χ4n) is 1.77. The molecule has 1 aromatic rings. The number of carbonyl (C=O) groups excluding carboxylic acids is 2. The first-order valence-corrected chi connectivity index (χ1v) is 5.70. The summed E-state index contributed by atoms with van der Waals surface area (Å²) in [6, 6.07) is 4.46. The van der Waals surface area contributed by atoms with E-state index in [2.05, 4.69) is 0 Å². The topological polar surface area (TPSA) is 72.6 Å². The van der Waals surface area contributed by atoms with E-state index in [-0.39, 0.29) is 18.8 Å². The number of carbonyl (C=O) groups is 2. The van der Waals surface area contributed by atoms with Crippen LogP contribution in [-0.4, -0.2) is 35.9 Å². The van der Waals surface area contributed by atoms with E-state index in [1.807, 2.05) is 0 Å². The molecule has 2 amide bonds. The Labute approximate surface area is 112 Å². The van der Waals surface area contributed by atoms with E-state index in [0.717, 1.165) is 12.1 Å². The monoisotopic (exact) mass is 288 g/mol. The van der Waals surface area contributed by atoms with Crippen LogP contribution in [0.4, 0.5) is 13.2 Å². The van der Waals surface area contributed by atoms with Gasteiger partial charge in [0.25, 0.3) is 0 Å². The molecular formula is C12H11F3N2O3. The van der Waals surface area contributed by atoms with Crippen molar-refractivity contribution in [1.82, 2.24) is 4.90 Å². The maximum absolute atomic E-state index is 12.5. The summed E-state index contributed by atoms with van der Waals surface area (Å²) in [4.78, 5) is 22.9. The molecule has 2 rings (SSSR count). The van der Waals surface area contributed by atoms with Crippen LogP contribution in [0.2, 0.25) is 0 Å². The summed E-state index contributed by atoms with van der Waals surface area (Å²) in [6.45, 7) is 0.246. The van der Waals surface area contributed by atoms with Gasteiger partial charge < -0.3 is 15.4 Å². The van der Waals surface area contributed by atoms with Crippen LogP contribution in [0.1, 0.15) is 5.56 Å². The van der Waals surface area contributed by atoms with Crippen LogP contribution < -0.4 is 10.5 Å². The number of ether oxygens (including phenoxy) is 1. The van der Waals surface area contributed by atoms with Gasteiger partial charge in [0, 0.05) is 0 Å². The molecule has 8 heteroatoms. The first-order chi connectivity index (χ1) is 9.27. The molecule has 0 spiro atoms. The number of rotatable bonds is 2. The van der Waals surface area contributed by atoms with Crippen molar-refractivity contribution < 1.29 is 27.5 Å². The van der Waals surface area contributed by atoms with Crippen LogP contribution in [-0.2, 0) is 15.8 Å². The van der Waals surface area contributed by atoms with Crippen LogP contribution in [0.5, 0.6) is 5.75 Å². The van der Waals surface area contributed by atoms with Crippen molar-refractivity contribution in [3.8, 4) is 5.75 Å². The Morgan fingerprint density at radius 2 is 1.95 bits per heavy atom. The Morgan fingerprint density at radius 3 is 2.50 bits per heavy atom. The zero-order valence-corrected chi connectivity index (χ0v) is 10.2. The zero-order chi connectivity index (χ0) is 14.9. The Balaban J connectivity index is 1.94. The molecule has 0 aromatic heterocycles. The Hall–Kier alpha value is -2.25. The van der Waals surface area contributed by atoms with Gasteiger partial charge in [0.15, 0.2) is 0 Å². The normalized spacial score (nSPS) is 15.7. The number of hydrogen-bond acceptors (Lipinski definition) is 3. The number of nitrogens with zero attached hydrogens (tertiary/aromatic N) is 1. The van der Waals surface area contributed by atoms with Crippen molar-refractivity contribution in [2.75, 3.05) is 13.1 Å². The standard InChI is InChI=1S/C12H11F3N2O3/c13-12(14,15)7-2-1-3-8(4-7)20-9-5-17(6-9)11(19)10(16)18/h1-4,9H,5-6H2,(H2,16,18). The van der Waals surface area contributed by atoms with Gasteiger partial charge >= 0.3 is 18.0 Å². The van der Waals surface area contributed by atoms with Gasteiger partial charge in [0.05, 0.1) is 18.7 Å². The number of likely N-dealkylation sites (tertiary alicyclic amines) is 1. The first kappa shape index (κ1) is 14.2. The number of alkyl halides is 3. The van der Waals surface area contributed by atoms with Crippen LogP contribution in [0, 0.1) is 0 Å². The molecule has 0 bridgehead atoms. The van der Waals surface area contributed by atoms with Crippen molar-refractivity contribution in [1.29, 1.82) is 0 Å². The smallest absolute Gasteiger partial charge is 0.416 e. The maximum Gasteiger partial charge on any atom is 0.416 e. The van der Waals surface area contributed by atoms with Crippen LogP contribution in [0.25, 0.3) is 0 Å². The van der Waals surface area contributed by atoms with Gasteiger partial charge in [-0.1, -0.05) is 6.07 Å². The lowest BCUT2D eigenvalue weighted by molar-refractivity contribution is -0.150. The summed E-state index contributed by atoms with van der Waals surface area (Å²) in [6.07, 6.45) is -4.88. The van der Waals surface area contributed by atoms with Crippen LogP contribution in [0.3, 0.4) is 0 Å². The van der Waals surface area contributed by atoms with E-state index in [1.165, 1.54) is 17.0 Å². The molecule has 1 fully saturated rings. The molecule has 108 valence electrons. The van der Waals surface area contributed by atoms with Gasteiger partial charge in [-0.15, -0.1) is 0 Å². The average Bonchev–Trinajstić information content (AvgIpc) is 2.31. The Morgan fingerprint density at radius 1 is 1.30 bits per heavy atom. The maximum atomic E-state index is 12.5. The van der Waals surface area contributed by atoms with E-state index < -0.39 is 29.7 Å². The molecule has 0 radical (unpaired) electrons. The summed E-state index contributed by atoms with van der Waals surface area (Å²) < 4.78 is 42.8. The molecule has 1 aliphatic rings. The highest BCUT2D eigenvalue weighted by Gasteiger charge is 2.35. The molecule has 20 heavy (non-hydrogen) atoms. The number of nitrogens with two attached hydrogens (primary N) is 1. The number of amides is 2. The molecule has 1 aromatic carbocycles. The minimum Gasteiger partial charge on any atom is -0.487 e. The Bertz CT molecular complexity index is 539. The van der Waals surface area contributed by atoms with Crippen molar-refractivity contribution in [3.05, 3.63) is 29.8 Å². The highest BCUT2D eigenvalue weighted by Crippen LogP contribution is 2.31. The molecule has 5 nitrogen and oxygen atoms in total. The van der Waals surface area contributed by atoms with Gasteiger partial charge in [-0.05, 0) is 18.2 Å². The van der Waals surface area contributed by atoms with E-state index >= 15 is 0 Å². The molecule has 1 aliphatic heterocycles. The second-order valence-corrected chi connectivity index (χ2v) is 4.34. The van der Waals surface area contributed by atoms with Crippen LogP contribution >= 0.6 is 0 Å². The lowest BCUT2D eigenvalue weighted by Crippen LogP contribution is -2.58. The third kappa shape index (κ3) is 3.01. The number of primary amides is 1. The quantitative estimate of drug-likeness (QED) is 0.817. The summed E-state index contributed by atoms with van der Waals surface area (Å²) in [5.74, 6) is -1.83. The summed E-state index contributed by atoms with van der Waals surface area (Å²) in [5, 5.41) is 0. The molecule has 0 saturated carbocycles. The minimum absolute atomic E-state index is 0.0657. The predicted octanol–water partition coefficient (Wildman–Crippen LogP) is 0.780. The van der Waals surface area contributed by atoms with E-state index in [1.54, 1.807) is 0 Å². The van der Waals surface area contributed by atoms with E-state index in [0.29, 0.717) is 0 Å². The SMILES string of the molecule is NC(=O)C(=O)N1CC(Oc2cccc(C(F)(F)F)c2)C1. The van der Waals surface area contributed by atoms with E-state index in [9.17, 15) is 22.8 Å². The first-order valence-electron chi connectivity index (χ1n) is 5.70. The van der Waals surface area contributed by atoms with Gasteiger partial charge in [-0.25, -0.2) is 0 Å². The zero-order valence-electron chi connectivity index (χ0n) is 10.2. The summed E-state index contributed by atoms with van der Waals surface area (Å²) in [5.41, 5.74) is 4.01. The van der Waals surface area contributed by atoms with Gasteiger partial charge in [-0.2, -0.15) is 13.2 Å². The molecule has 1 saturated heterocycles. The van der Waals surface area contributed by atoms with Crippen molar-refractivity contribution in [2.24, 2.45) is 5.73 Å². The third-order valence-corrected chi connectivity index (χ3v) is 2.81. The van der Waals surface area contributed by atoms with Crippen molar-refractivity contribution in [2.45, 2.75) is 12.3 Å². The fourth-order valence-corrected chi connectivity index (χ4v) is 1.77. The molecule has 0 unspecified atom stereocenters. The Kier molecular flexibility index (Phi) is 3.56. The van der Waals surface area contributed by atoms with Gasteiger partial charge in [0.2, 0.25) is 0 Å². The highest BCUT2D eigenvalue weighted by molar-refractivity contribution is 6.34. The molecule has 1 heterocycles. The minimum atomic E-state index is -4.44. The van der Waals surface area contributed by atoms with Crippen LogP contribution in [0.15, 0.2) is 24.3 Å². The predicted molar refractivity (Wildman–Crippen MR) is 61.6 cm³/mol. The van der Waals surface area contributed by atoms with Gasteiger partial charge in [0.1, 0.15) is 11.9 Å². The molecule has 0 atom stereocenters. The fraction of sp³-hybridized carbons (Fsp3) is 0.333. The largest absolute Gasteiger partial charge is 0.487 e. The highest BCUT2D eigenvalue weighted by atomic mass is 19.4. The van der Waals surface area contributed by atoms with Gasteiger partial charge in [-0.3, -0.25) is 9.59 Å². The number of halogens is 3. The summed E-state index contributed by atoms with van der Waals surface area (Å²) >= 11 is 0. The number of hydrogen-bond donors (Lipinski definition) is 1. The second kappa shape index (κ2) is 5.03. The molecule has 0 aliphatic carbocycles. The molecule has 2 N–H and O–H groups in total. The van der Waals surface area contributed by atoms with Crippen molar-refractivity contribution >= 4 is 11.8 Å². The second-order valence-electron chi connectivity index (χ2n) is 4.34. The molecular weight excluding hydrogens is 277 g/mol. The third-order valence-electron chi connectivity index (χ3n) is 2.81. The number of benzene rings is 1. The lowest BCUT2D eigenvalue weighted by Gasteiger charge is -2.38. The average molecular weight is 288 g/mol.